The summed E-state index contributed by atoms with van der Waals surface area (Å²) >= 11 is 6.05. The van der Waals surface area contributed by atoms with Crippen molar-refractivity contribution in [3.05, 3.63) is 113 Å². The first-order valence-corrected chi connectivity index (χ1v) is 12.4. The molecule has 4 rings (SSSR count). The number of nitrogens with zero attached hydrogens (tertiary/aromatic N) is 2. The molecule has 0 saturated carbocycles. The molecule has 0 radical (unpaired) electrons. The molecular weight excluding hydrogens is 486 g/mol. The number of rotatable bonds is 10. The van der Waals surface area contributed by atoms with Gasteiger partial charge in [0, 0.05) is 34.5 Å². The molecular formula is C30H28ClN3O3. The molecule has 1 atom stereocenters. The number of esters is 1. The van der Waals surface area contributed by atoms with Crippen molar-refractivity contribution in [3.63, 3.8) is 0 Å². The van der Waals surface area contributed by atoms with Gasteiger partial charge in [-0.1, -0.05) is 72.3 Å². The maximum absolute atomic E-state index is 12.4. The van der Waals surface area contributed by atoms with Crippen LogP contribution in [0.15, 0.2) is 97.2 Å². The summed E-state index contributed by atoms with van der Waals surface area (Å²) in [5.41, 5.74) is 4.37. The first-order valence-electron chi connectivity index (χ1n) is 12.1. The molecule has 0 aliphatic heterocycles. The maximum atomic E-state index is 12.4. The van der Waals surface area contributed by atoms with Crippen LogP contribution in [0.3, 0.4) is 0 Å². The van der Waals surface area contributed by atoms with E-state index in [-0.39, 0.29) is 18.6 Å². The van der Waals surface area contributed by atoms with E-state index in [1.807, 2.05) is 73.8 Å². The van der Waals surface area contributed by atoms with E-state index in [9.17, 15) is 9.59 Å². The van der Waals surface area contributed by atoms with Crippen molar-refractivity contribution in [1.29, 1.82) is 0 Å². The second kappa shape index (κ2) is 12.7. The highest BCUT2D eigenvalue weighted by molar-refractivity contribution is 6.30. The zero-order chi connectivity index (χ0) is 26.0. The van der Waals surface area contributed by atoms with E-state index < -0.39 is 5.97 Å². The van der Waals surface area contributed by atoms with Gasteiger partial charge in [-0.05, 0) is 55.7 Å². The number of hydrogen-bond acceptors (Lipinski definition) is 4. The molecule has 0 aliphatic rings. The third-order valence-corrected chi connectivity index (χ3v) is 5.99. The van der Waals surface area contributed by atoms with Crippen molar-refractivity contribution < 1.29 is 14.3 Å². The predicted molar refractivity (Wildman–Crippen MR) is 146 cm³/mol. The Morgan fingerprint density at radius 2 is 1.68 bits per heavy atom. The standard InChI is InChI=1S/C30H28ClN3O3/c1-22(12-13-23-8-4-2-5-9-23)32-28(35)21-37-29(36)19-16-25-20-34(27-10-6-3-7-11-27)33-30(25)24-14-17-26(31)18-15-24/h2-11,14-20,22H,12-13,21H2,1H3,(H,32,35)/b19-16+/t22-/m0/s1. The highest BCUT2D eigenvalue weighted by atomic mass is 35.5. The minimum atomic E-state index is -0.610. The summed E-state index contributed by atoms with van der Waals surface area (Å²) in [4.78, 5) is 24.6. The number of ether oxygens (including phenoxy) is 1. The van der Waals surface area contributed by atoms with Crippen LogP contribution in [0, 0.1) is 0 Å². The number of aromatic nitrogens is 2. The van der Waals surface area contributed by atoms with Crippen LogP contribution in [0.5, 0.6) is 0 Å². The van der Waals surface area contributed by atoms with E-state index in [4.69, 9.17) is 21.4 Å². The molecule has 1 amide bonds. The van der Waals surface area contributed by atoms with Gasteiger partial charge in [-0.2, -0.15) is 5.10 Å². The minimum absolute atomic E-state index is 0.0345. The number of amides is 1. The molecule has 0 saturated heterocycles. The van der Waals surface area contributed by atoms with Crippen molar-refractivity contribution in [1.82, 2.24) is 15.1 Å². The van der Waals surface area contributed by atoms with Gasteiger partial charge in [-0.15, -0.1) is 0 Å². The van der Waals surface area contributed by atoms with Crippen molar-refractivity contribution in [3.8, 4) is 16.9 Å². The number of carbonyl (C=O) groups excluding carboxylic acids is 2. The first kappa shape index (κ1) is 25.9. The Balaban J connectivity index is 1.36. The van der Waals surface area contributed by atoms with Crippen LogP contribution in [0.4, 0.5) is 0 Å². The maximum Gasteiger partial charge on any atom is 0.331 e. The van der Waals surface area contributed by atoms with Gasteiger partial charge in [0.05, 0.1) is 11.4 Å². The Labute approximate surface area is 221 Å². The number of hydrogen-bond donors (Lipinski definition) is 1. The molecule has 188 valence electrons. The molecule has 7 heteroatoms. The van der Waals surface area contributed by atoms with Gasteiger partial charge in [0.2, 0.25) is 0 Å². The number of benzene rings is 3. The van der Waals surface area contributed by atoms with Crippen LogP contribution in [-0.2, 0) is 20.7 Å². The number of para-hydroxylation sites is 1. The number of halogens is 1. The molecule has 1 N–H and O–H groups in total. The predicted octanol–water partition coefficient (Wildman–Crippen LogP) is 5.89. The molecule has 4 aromatic rings. The minimum Gasteiger partial charge on any atom is -0.452 e. The van der Waals surface area contributed by atoms with Crippen molar-refractivity contribution in [2.45, 2.75) is 25.8 Å². The van der Waals surface area contributed by atoms with Gasteiger partial charge in [-0.3, -0.25) is 4.79 Å². The zero-order valence-corrected chi connectivity index (χ0v) is 21.3. The van der Waals surface area contributed by atoms with Crippen molar-refractivity contribution in [2.75, 3.05) is 6.61 Å². The Morgan fingerprint density at radius 1 is 1.00 bits per heavy atom. The summed E-state index contributed by atoms with van der Waals surface area (Å²) in [5.74, 6) is -0.942. The highest BCUT2D eigenvalue weighted by Crippen LogP contribution is 2.26. The second-order valence-corrected chi connectivity index (χ2v) is 9.09. The summed E-state index contributed by atoms with van der Waals surface area (Å²) in [6, 6.07) is 27.1. The Hall–Kier alpha value is -4.16. The Kier molecular flexibility index (Phi) is 8.89. The molecule has 1 heterocycles. The van der Waals surface area contributed by atoms with Crippen LogP contribution in [0.25, 0.3) is 23.0 Å². The monoisotopic (exact) mass is 513 g/mol. The van der Waals surface area contributed by atoms with E-state index >= 15 is 0 Å². The van der Waals surface area contributed by atoms with Gasteiger partial charge in [0.15, 0.2) is 6.61 Å². The summed E-state index contributed by atoms with van der Waals surface area (Å²) in [5, 5.41) is 8.21. The SMILES string of the molecule is C[C@@H](CCc1ccccc1)NC(=O)COC(=O)/C=C/c1cn(-c2ccccc2)nc1-c1ccc(Cl)cc1. The van der Waals surface area contributed by atoms with E-state index in [2.05, 4.69) is 17.4 Å². The van der Waals surface area contributed by atoms with Gasteiger partial charge in [0.1, 0.15) is 0 Å². The molecule has 1 aromatic heterocycles. The number of aryl methyl sites for hydroxylation is 1. The summed E-state index contributed by atoms with van der Waals surface area (Å²) in [6.07, 6.45) is 6.43. The van der Waals surface area contributed by atoms with Crippen molar-refractivity contribution in [2.24, 2.45) is 0 Å². The average Bonchev–Trinajstić information content (AvgIpc) is 3.35. The Bertz CT molecular complexity index is 1350. The van der Waals surface area contributed by atoms with Crippen LogP contribution >= 0.6 is 11.6 Å². The summed E-state index contributed by atoms with van der Waals surface area (Å²) in [6.45, 7) is 1.59. The molecule has 0 fully saturated rings. The van der Waals surface area contributed by atoms with E-state index in [1.54, 1.807) is 22.9 Å². The van der Waals surface area contributed by atoms with E-state index in [1.165, 1.54) is 11.6 Å². The third kappa shape index (κ3) is 7.66. The fourth-order valence-corrected chi connectivity index (χ4v) is 3.94. The number of nitrogens with one attached hydrogen (secondary N) is 1. The van der Waals surface area contributed by atoms with Crippen LogP contribution in [-0.4, -0.2) is 34.3 Å². The normalized spacial score (nSPS) is 11.8. The van der Waals surface area contributed by atoms with Gasteiger partial charge in [0.25, 0.3) is 5.91 Å². The lowest BCUT2D eigenvalue weighted by molar-refractivity contribution is -0.144. The van der Waals surface area contributed by atoms with Crippen LogP contribution in [0.2, 0.25) is 5.02 Å². The fourth-order valence-electron chi connectivity index (χ4n) is 3.81. The smallest absolute Gasteiger partial charge is 0.331 e. The van der Waals surface area contributed by atoms with Gasteiger partial charge in [-0.25, -0.2) is 9.48 Å². The molecule has 0 aliphatic carbocycles. The lowest BCUT2D eigenvalue weighted by atomic mass is 10.1. The molecule has 3 aromatic carbocycles. The molecule has 0 bridgehead atoms. The van der Waals surface area contributed by atoms with Crippen LogP contribution < -0.4 is 5.32 Å². The second-order valence-electron chi connectivity index (χ2n) is 8.65. The molecule has 0 unspecified atom stereocenters. The van der Waals surface area contributed by atoms with E-state index in [0.29, 0.717) is 10.7 Å². The topological polar surface area (TPSA) is 73.2 Å². The quantitative estimate of drug-likeness (QED) is 0.212. The Morgan fingerprint density at radius 3 is 2.38 bits per heavy atom. The van der Waals surface area contributed by atoms with Gasteiger partial charge < -0.3 is 10.1 Å². The van der Waals surface area contributed by atoms with Crippen LogP contribution in [0.1, 0.15) is 24.5 Å². The molecule has 6 nitrogen and oxygen atoms in total. The first-order chi connectivity index (χ1) is 18.0. The third-order valence-electron chi connectivity index (χ3n) is 5.74. The fraction of sp³-hybridized carbons (Fsp3) is 0.167. The average molecular weight is 514 g/mol. The number of carbonyl (C=O) groups is 2. The molecule has 37 heavy (non-hydrogen) atoms. The molecule has 0 spiro atoms. The van der Waals surface area contributed by atoms with Crippen molar-refractivity contribution >= 4 is 29.6 Å². The zero-order valence-electron chi connectivity index (χ0n) is 20.5. The summed E-state index contributed by atoms with van der Waals surface area (Å²) in [7, 11) is 0. The summed E-state index contributed by atoms with van der Waals surface area (Å²) < 4.78 is 6.91. The lowest BCUT2D eigenvalue weighted by Gasteiger charge is -2.13. The van der Waals surface area contributed by atoms with Gasteiger partial charge >= 0.3 is 5.97 Å². The highest BCUT2D eigenvalue weighted by Gasteiger charge is 2.13. The lowest BCUT2D eigenvalue weighted by Crippen LogP contribution is -2.36. The van der Waals surface area contributed by atoms with E-state index in [0.717, 1.165) is 29.7 Å². The largest absolute Gasteiger partial charge is 0.452 e.